The molecule has 0 radical (unpaired) electrons. The first kappa shape index (κ1) is 33.6. The lowest BCUT2D eigenvalue weighted by atomic mass is 9.82. The first-order valence-corrected chi connectivity index (χ1v) is 19.5. The predicted octanol–water partition coefficient (Wildman–Crippen LogP) is 15.3. The Morgan fingerprint density at radius 2 is 0.804 bits per heavy atom. The number of rotatable bonds is 7. The van der Waals surface area contributed by atoms with Gasteiger partial charge in [-0.15, -0.1) is 0 Å². The Labute approximate surface area is 329 Å². The Hall–Kier alpha value is -6.96. The lowest BCUT2D eigenvalue weighted by Gasteiger charge is -2.27. The first-order valence-electron chi connectivity index (χ1n) is 19.5. The summed E-state index contributed by atoms with van der Waals surface area (Å²) in [4.78, 5) is 2.39. The summed E-state index contributed by atoms with van der Waals surface area (Å²) in [7, 11) is 0. The van der Waals surface area contributed by atoms with Crippen molar-refractivity contribution in [3.8, 4) is 55.6 Å². The summed E-state index contributed by atoms with van der Waals surface area (Å²) in [5.41, 5.74) is 18.4. The zero-order valence-corrected chi connectivity index (χ0v) is 31.7. The average molecular weight is 716 g/mol. The van der Waals surface area contributed by atoms with Crippen molar-refractivity contribution in [3.63, 3.8) is 0 Å². The molecule has 266 valence electrons. The summed E-state index contributed by atoms with van der Waals surface area (Å²) >= 11 is 0. The molecule has 0 amide bonds. The second kappa shape index (κ2) is 13.7. The van der Waals surface area contributed by atoms with Crippen LogP contribution in [0.5, 0.6) is 0 Å². The van der Waals surface area contributed by atoms with Crippen molar-refractivity contribution in [3.05, 3.63) is 223 Å². The monoisotopic (exact) mass is 715 g/mol. The standard InChI is InChI=1S/C55H41N/c1-55(2)52-23-9-8-21-51(52)54-50(22-12-24-53(54)55)46-19-11-20-49(37-46)56(48-33-29-41(30-34-48)45-26-25-39-15-6-7-16-42(39)36-45)47-31-27-40(28-32-47)44-18-10-17-43(35-44)38-13-4-3-5-14-38/h3-37H,1-2H3. The smallest absolute Gasteiger partial charge is 0.0467 e. The lowest BCUT2D eigenvalue weighted by Crippen LogP contribution is -2.14. The Morgan fingerprint density at radius 1 is 0.304 bits per heavy atom. The molecule has 0 saturated carbocycles. The van der Waals surface area contributed by atoms with Gasteiger partial charge in [-0.2, -0.15) is 0 Å². The molecule has 10 rings (SSSR count). The van der Waals surface area contributed by atoms with E-state index in [4.69, 9.17) is 0 Å². The van der Waals surface area contributed by atoms with Crippen molar-refractivity contribution >= 4 is 27.8 Å². The molecule has 9 aromatic rings. The van der Waals surface area contributed by atoms with Crippen LogP contribution in [-0.2, 0) is 5.41 Å². The third-order valence-electron chi connectivity index (χ3n) is 11.7. The van der Waals surface area contributed by atoms with E-state index >= 15 is 0 Å². The molecule has 1 nitrogen and oxygen atoms in total. The number of hydrogen-bond donors (Lipinski definition) is 0. The highest BCUT2D eigenvalue weighted by Gasteiger charge is 2.36. The van der Waals surface area contributed by atoms with Crippen molar-refractivity contribution in [1.29, 1.82) is 0 Å². The molecule has 1 heteroatoms. The van der Waals surface area contributed by atoms with Gasteiger partial charge in [0.2, 0.25) is 0 Å². The molecule has 56 heavy (non-hydrogen) atoms. The highest BCUT2D eigenvalue weighted by molar-refractivity contribution is 5.94. The van der Waals surface area contributed by atoms with Crippen LogP contribution in [0.15, 0.2) is 212 Å². The fraction of sp³-hybridized carbons (Fsp3) is 0.0545. The van der Waals surface area contributed by atoms with Crippen molar-refractivity contribution in [1.82, 2.24) is 0 Å². The average Bonchev–Trinajstić information content (AvgIpc) is 3.50. The van der Waals surface area contributed by atoms with Gasteiger partial charge in [-0.05, 0) is 126 Å². The van der Waals surface area contributed by atoms with Gasteiger partial charge in [0.15, 0.2) is 0 Å². The molecule has 0 heterocycles. The number of hydrogen-bond acceptors (Lipinski definition) is 1. The van der Waals surface area contributed by atoms with E-state index in [1.54, 1.807) is 0 Å². The van der Waals surface area contributed by atoms with Crippen LogP contribution in [0.1, 0.15) is 25.0 Å². The van der Waals surface area contributed by atoms with Gasteiger partial charge >= 0.3 is 0 Å². The summed E-state index contributed by atoms with van der Waals surface area (Å²) in [6.45, 7) is 4.70. The van der Waals surface area contributed by atoms with Gasteiger partial charge in [-0.25, -0.2) is 0 Å². The van der Waals surface area contributed by atoms with E-state index in [1.807, 2.05) is 0 Å². The Balaban J connectivity index is 1.07. The summed E-state index contributed by atoms with van der Waals surface area (Å²) in [6.07, 6.45) is 0. The molecule has 0 saturated heterocycles. The fourth-order valence-corrected chi connectivity index (χ4v) is 8.74. The zero-order valence-electron chi connectivity index (χ0n) is 31.7. The van der Waals surface area contributed by atoms with Gasteiger partial charge < -0.3 is 4.90 Å². The second-order valence-corrected chi connectivity index (χ2v) is 15.4. The summed E-state index contributed by atoms with van der Waals surface area (Å²) in [6, 6.07) is 77.5. The Morgan fingerprint density at radius 3 is 1.54 bits per heavy atom. The highest BCUT2D eigenvalue weighted by Crippen LogP contribution is 2.52. The third kappa shape index (κ3) is 5.90. The van der Waals surface area contributed by atoms with Crippen LogP contribution >= 0.6 is 0 Å². The highest BCUT2D eigenvalue weighted by atomic mass is 15.1. The molecule has 0 unspecified atom stereocenters. The van der Waals surface area contributed by atoms with Crippen LogP contribution in [0.25, 0.3) is 66.4 Å². The van der Waals surface area contributed by atoms with E-state index in [0.717, 1.165) is 17.1 Å². The maximum absolute atomic E-state index is 2.39. The molecular formula is C55H41N. The topological polar surface area (TPSA) is 3.24 Å². The number of benzene rings is 9. The maximum atomic E-state index is 2.39. The van der Waals surface area contributed by atoms with Gasteiger partial charge in [0.1, 0.15) is 0 Å². The Kier molecular flexibility index (Phi) is 8.23. The molecule has 1 aliphatic rings. The normalized spacial score (nSPS) is 12.6. The maximum Gasteiger partial charge on any atom is 0.0467 e. The second-order valence-electron chi connectivity index (χ2n) is 15.4. The molecule has 0 aromatic heterocycles. The molecule has 9 aromatic carbocycles. The van der Waals surface area contributed by atoms with Crippen LogP contribution < -0.4 is 4.90 Å². The SMILES string of the molecule is CC1(C)c2ccccc2-c2c(-c3cccc(N(c4ccc(-c5cccc(-c6ccccc6)c5)cc4)c4ccc(-c5ccc6ccccc6c5)cc4)c3)cccc21. The largest absolute Gasteiger partial charge is 0.310 e. The van der Waals surface area contributed by atoms with E-state index < -0.39 is 0 Å². The number of fused-ring (bicyclic) bond motifs is 4. The van der Waals surface area contributed by atoms with Gasteiger partial charge in [0.25, 0.3) is 0 Å². The van der Waals surface area contributed by atoms with E-state index in [9.17, 15) is 0 Å². The van der Waals surface area contributed by atoms with Crippen LogP contribution in [0.2, 0.25) is 0 Å². The predicted molar refractivity (Wildman–Crippen MR) is 238 cm³/mol. The molecular weight excluding hydrogens is 675 g/mol. The van der Waals surface area contributed by atoms with E-state index in [-0.39, 0.29) is 5.41 Å². The lowest BCUT2D eigenvalue weighted by molar-refractivity contribution is 0.660. The Bertz CT molecular complexity index is 2860. The van der Waals surface area contributed by atoms with Crippen LogP contribution in [-0.4, -0.2) is 0 Å². The minimum absolute atomic E-state index is 0.0548. The molecule has 0 aliphatic heterocycles. The van der Waals surface area contributed by atoms with Gasteiger partial charge in [-0.3, -0.25) is 0 Å². The fourth-order valence-electron chi connectivity index (χ4n) is 8.74. The van der Waals surface area contributed by atoms with Crippen molar-refractivity contribution < 1.29 is 0 Å². The van der Waals surface area contributed by atoms with Gasteiger partial charge in [0, 0.05) is 22.5 Å². The summed E-state index contributed by atoms with van der Waals surface area (Å²) < 4.78 is 0. The number of anilines is 3. The first-order chi connectivity index (χ1) is 27.5. The quantitative estimate of drug-likeness (QED) is 0.159. The van der Waals surface area contributed by atoms with E-state index in [0.29, 0.717) is 0 Å². The van der Waals surface area contributed by atoms with Crippen LogP contribution in [0.3, 0.4) is 0 Å². The molecule has 0 atom stereocenters. The van der Waals surface area contributed by atoms with Crippen molar-refractivity contribution in [2.45, 2.75) is 19.3 Å². The van der Waals surface area contributed by atoms with Crippen LogP contribution in [0.4, 0.5) is 17.1 Å². The third-order valence-corrected chi connectivity index (χ3v) is 11.7. The molecule has 0 fully saturated rings. The number of nitrogens with zero attached hydrogens (tertiary/aromatic N) is 1. The zero-order chi connectivity index (χ0) is 37.6. The minimum atomic E-state index is -0.0548. The van der Waals surface area contributed by atoms with Crippen molar-refractivity contribution in [2.24, 2.45) is 0 Å². The van der Waals surface area contributed by atoms with Crippen LogP contribution in [0, 0.1) is 0 Å². The van der Waals surface area contributed by atoms with Gasteiger partial charge in [-0.1, -0.05) is 178 Å². The molecule has 0 N–H and O–H groups in total. The van der Waals surface area contributed by atoms with E-state index in [2.05, 4.69) is 231 Å². The minimum Gasteiger partial charge on any atom is -0.310 e. The molecule has 0 spiro atoms. The summed E-state index contributed by atoms with van der Waals surface area (Å²) in [5, 5.41) is 2.51. The summed E-state index contributed by atoms with van der Waals surface area (Å²) in [5.74, 6) is 0. The molecule has 0 bridgehead atoms. The van der Waals surface area contributed by atoms with E-state index in [1.165, 1.54) is 77.5 Å². The molecule has 1 aliphatic carbocycles. The van der Waals surface area contributed by atoms with Crippen molar-refractivity contribution in [2.75, 3.05) is 4.90 Å². The van der Waals surface area contributed by atoms with Gasteiger partial charge in [0.05, 0.1) is 0 Å².